The number of ether oxygens (including phenoxy) is 7. The second kappa shape index (κ2) is 34.0. The smallest absolute Gasteiger partial charge is 0.299 e. The summed E-state index contributed by atoms with van der Waals surface area (Å²) in [5.74, 6) is 0. The van der Waals surface area contributed by atoms with Crippen molar-refractivity contribution in [2.75, 3.05) is 104 Å². The molecule has 0 amide bonds. The molecule has 0 saturated heterocycles. The summed E-state index contributed by atoms with van der Waals surface area (Å²) in [5, 5.41) is 24.8. The van der Waals surface area contributed by atoms with E-state index in [0.29, 0.717) is 85.8 Å². The Balaban J connectivity index is 1.72. The summed E-state index contributed by atoms with van der Waals surface area (Å²) in [6.07, 6.45) is 17.6. The molecule has 0 spiro atoms. The molecule has 0 aromatic heterocycles. The van der Waals surface area contributed by atoms with Gasteiger partial charge in [-0.2, -0.15) is 0 Å². The largest absolute Gasteiger partial charge is 0.379 e. The van der Waals surface area contributed by atoms with Crippen molar-refractivity contribution in [1.29, 1.82) is 0 Å². The van der Waals surface area contributed by atoms with Gasteiger partial charge in [0.15, 0.2) is 0 Å². The highest BCUT2D eigenvalue weighted by molar-refractivity contribution is 5.65. The van der Waals surface area contributed by atoms with Crippen LogP contribution in [0, 0.1) is 20.2 Å². The molecule has 0 fully saturated rings. The first-order chi connectivity index (χ1) is 24.1. The second-order valence-corrected chi connectivity index (χ2v) is 11.7. The average molecular weight is 702 g/mol. The first-order valence-corrected chi connectivity index (χ1v) is 18.3. The molecule has 49 heavy (non-hydrogen) atoms. The van der Waals surface area contributed by atoms with Crippen LogP contribution in [0.25, 0.3) is 0 Å². The molecule has 0 unspecified atom stereocenters. The summed E-state index contributed by atoms with van der Waals surface area (Å²) >= 11 is 0. The number of anilines is 1. The van der Waals surface area contributed by atoms with Crippen LogP contribution in [0.1, 0.15) is 90.4 Å². The summed E-state index contributed by atoms with van der Waals surface area (Å²) in [5.41, 5.74) is -0.500. The van der Waals surface area contributed by atoms with Crippen LogP contribution in [-0.2, 0) is 33.2 Å². The SMILES string of the molecule is CCCCCCCCCCCCCCCOCCOCCOCCOCCOCCOCCOCCNc1ccc([N+](=O)[O-])cc1[N+](=O)[O-]. The molecule has 0 radical (unpaired) electrons. The maximum Gasteiger partial charge on any atom is 0.299 e. The summed E-state index contributed by atoms with van der Waals surface area (Å²) in [6, 6.07) is 3.45. The lowest BCUT2D eigenvalue weighted by atomic mass is 10.0. The molecule has 0 aliphatic rings. The maximum atomic E-state index is 11.1. The summed E-state index contributed by atoms with van der Waals surface area (Å²) in [7, 11) is 0. The summed E-state index contributed by atoms with van der Waals surface area (Å²) < 4.78 is 38.5. The first-order valence-electron chi connectivity index (χ1n) is 18.3. The van der Waals surface area contributed by atoms with Crippen molar-refractivity contribution in [2.45, 2.75) is 90.4 Å². The molecule has 0 aliphatic heterocycles. The van der Waals surface area contributed by atoms with Gasteiger partial charge in [-0.3, -0.25) is 20.2 Å². The van der Waals surface area contributed by atoms with E-state index in [1.807, 2.05) is 0 Å². The summed E-state index contributed by atoms with van der Waals surface area (Å²) in [4.78, 5) is 20.6. The molecule has 0 bridgehead atoms. The number of nitro benzene ring substituents is 2. The van der Waals surface area contributed by atoms with Gasteiger partial charge < -0.3 is 38.5 Å². The van der Waals surface area contributed by atoms with Gasteiger partial charge in [-0.1, -0.05) is 84.0 Å². The second-order valence-electron chi connectivity index (χ2n) is 11.7. The fraction of sp³-hybridized carbons (Fsp3) is 0.829. The Hall–Kier alpha value is -2.46. The van der Waals surface area contributed by atoms with Crippen LogP contribution in [0.2, 0.25) is 0 Å². The maximum absolute atomic E-state index is 11.1. The highest BCUT2D eigenvalue weighted by atomic mass is 16.6. The van der Waals surface area contributed by atoms with Gasteiger partial charge in [-0.25, -0.2) is 0 Å². The van der Waals surface area contributed by atoms with E-state index >= 15 is 0 Å². The quantitative estimate of drug-likeness (QED) is 0.0422. The minimum atomic E-state index is -0.674. The van der Waals surface area contributed by atoms with Gasteiger partial charge >= 0.3 is 0 Å². The van der Waals surface area contributed by atoms with E-state index in [1.54, 1.807) is 0 Å². The van der Waals surface area contributed by atoms with Gasteiger partial charge in [-0.05, 0) is 12.5 Å². The Labute approximate surface area is 293 Å². The Kier molecular flexibility index (Phi) is 30.9. The molecule has 0 heterocycles. The van der Waals surface area contributed by atoms with Crippen molar-refractivity contribution in [3.8, 4) is 0 Å². The fourth-order valence-electron chi connectivity index (χ4n) is 4.84. The highest BCUT2D eigenvalue weighted by Gasteiger charge is 2.19. The third kappa shape index (κ3) is 28.0. The topological polar surface area (TPSA) is 163 Å². The van der Waals surface area contributed by atoms with Gasteiger partial charge in [0.1, 0.15) is 5.69 Å². The zero-order chi connectivity index (χ0) is 35.5. The van der Waals surface area contributed by atoms with E-state index in [-0.39, 0.29) is 23.7 Å². The number of nitro groups is 2. The molecule has 14 heteroatoms. The van der Waals surface area contributed by atoms with Crippen molar-refractivity contribution in [3.63, 3.8) is 0 Å². The number of benzene rings is 1. The third-order valence-electron chi connectivity index (χ3n) is 7.57. The lowest BCUT2D eigenvalue weighted by Gasteiger charge is -2.09. The predicted molar refractivity (Wildman–Crippen MR) is 190 cm³/mol. The fourth-order valence-corrected chi connectivity index (χ4v) is 4.84. The molecule has 284 valence electrons. The molecule has 14 nitrogen and oxygen atoms in total. The van der Waals surface area contributed by atoms with Crippen molar-refractivity contribution in [2.24, 2.45) is 0 Å². The van der Waals surface area contributed by atoms with Crippen LogP contribution in [0.5, 0.6) is 0 Å². The normalized spacial score (nSPS) is 11.3. The number of nitrogens with one attached hydrogen (secondary N) is 1. The van der Waals surface area contributed by atoms with E-state index in [2.05, 4.69) is 12.2 Å². The molecule has 0 atom stereocenters. The van der Waals surface area contributed by atoms with E-state index < -0.39 is 9.85 Å². The van der Waals surface area contributed by atoms with E-state index in [9.17, 15) is 20.2 Å². The van der Waals surface area contributed by atoms with Gasteiger partial charge in [0.2, 0.25) is 0 Å². The monoisotopic (exact) mass is 701 g/mol. The van der Waals surface area contributed by atoms with E-state index in [4.69, 9.17) is 33.2 Å². The van der Waals surface area contributed by atoms with E-state index in [1.165, 1.54) is 89.2 Å². The zero-order valence-electron chi connectivity index (χ0n) is 29.9. The Morgan fingerprint density at radius 3 is 1.24 bits per heavy atom. The average Bonchev–Trinajstić information content (AvgIpc) is 3.09. The predicted octanol–water partition coefficient (Wildman–Crippen LogP) is 7.12. The number of hydrogen-bond acceptors (Lipinski definition) is 12. The lowest BCUT2D eigenvalue weighted by Crippen LogP contribution is -2.15. The standard InChI is InChI=1S/C35H63N3O11/c1-2-3-4-5-6-7-8-9-10-11-12-13-14-18-43-20-22-45-24-26-47-28-30-49-31-29-48-27-25-46-23-21-44-19-17-36-34-16-15-33(37(39)40)32-35(34)38(41)42/h15-16,32,36H,2-14,17-31H2,1H3. The number of hydrogen-bond donors (Lipinski definition) is 1. The molecule has 0 aliphatic carbocycles. The molecule has 1 aromatic rings. The van der Waals surface area contributed by atoms with E-state index in [0.717, 1.165) is 19.1 Å². The van der Waals surface area contributed by atoms with Crippen molar-refractivity contribution < 1.29 is 43.0 Å². The molecule has 1 rings (SSSR count). The van der Waals surface area contributed by atoms with Crippen molar-refractivity contribution in [3.05, 3.63) is 38.4 Å². The summed E-state index contributed by atoms with van der Waals surface area (Å²) in [6.45, 7) is 9.47. The van der Waals surface area contributed by atoms with Crippen molar-refractivity contribution >= 4 is 17.1 Å². The Morgan fingerprint density at radius 1 is 0.490 bits per heavy atom. The van der Waals surface area contributed by atoms with Crippen LogP contribution in [-0.4, -0.2) is 109 Å². The van der Waals surface area contributed by atoms with Gasteiger partial charge in [0, 0.05) is 19.2 Å². The zero-order valence-corrected chi connectivity index (χ0v) is 29.9. The molecule has 0 saturated carbocycles. The highest BCUT2D eigenvalue weighted by Crippen LogP contribution is 2.28. The minimum Gasteiger partial charge on any atom is -0.379 e. The first kappa shape index (κ1) is 44.6. The number of rotatable bonds is 38. The molecule has 1 aromatic carbocycles. The molecule has 1 N–H and O–H groups in total. The van der Waals surface area contributed by atoms with Gasteiger partial charge in [0.25, 0.3) is 11.4 Å². The van der Waals surface area contributed by atoms with Crippen LogP contribution >= 0.6 is 0 Å². The number of non-ortho nitro benzene ring substituents is 1. The third-order valence-corrected chi connectivity index (χ3v) is 7.57. The molecular formula is C35H63N3O11. The minimum absolute atomic E-state index is 0.195. The van der Waals surface area contributed by atoms with Crippen LogP contribution in [0.3, 0.4) is 0 Å². The van der Waals surface area contributed by atoms with Gasteiger partial charge in [0.05, 0.1) is 102 Å². The Morgan fingerprint density at radius 2 is 0.857 bits per heavy atom. The van der Waals surface area contributed by atoms with Crippen molar-refractivity contribution in [1.82, 2.24) is 0 Å². The molecular weight excluding hydrogens is 638 g/mol. The van der Waals surface area contributed by atoms with Crippen LogP contribution < -0.4 is 5.32 Å². The number of nitrogens with zero attached hydrogens (tertiary/aromatic N) is 2. The lowest BCUT2D eigenvalue weighted by molar-refractivity contribution is -0.393. The van der Waals surface area contributed by atoms with Crippen LogP contribution in [0.4, 0.5) is 17.1 Å². The number of unbranched alkanes of at least 4 members (excludes halogenated alkanes) is 12. The van der Waals surface area contributed by atoms with Crippen LogP contribution in [0.15, 0.2) is 18.2 Å². The van der Waals surface area contributed by atoms with Gasteiger partial charge in [-0.15, -0.1) is 0 Å². The Bertz CT molecular complexity index is 927.